The molecule has 6 heteroatoms. The van der Waals surface area contributed by atoms with Crippen molar-refractivity contribution in [1.82, 2.24) is 4.90 Å². The number of benzene rings is 2. The number of fused-ring (bicyclic) bond motifs is 1. The predicted molar refractivity (Wildman–Crippen MR) is 121 cm³/mol. The van der Waals surface area contributed by atoms with Gasteiger partial charge >= 0.3 is 0 Å². The number of aromatic hydroxyl groups is 1. The first kappa shape index (κ1) is 22.7. The first-order valence-corrected chi connectivity index (χ1v) is 10.7. The molecule has 0 fully saturated rings. The molecule has 1 aliphatic rings. The summed E-state index contributed by atoms with van der Waals surface area (Å²) in [4.78, 5) is 15.5. The van der Waals surface area contributed by atoms with Crippen molar-refractivity contribution in [2.24, 2.45) is 0 Å². The van der Waals surface area contributed by atoms with Gasteiger partial charge in [0.25, 0.3) is 0 Å². The molecule has 6 nitrogen and oxygen atoms in total. The number of nitrogens with zero attached hydrogens (tertiary/aromatic N) is 1. The number of carbonyl (C=O) groups is 1. The minimum atomic E-state index is -0.198. The molecular formula is C25H31NO5. The normalized spacial score (nSPS) is 14.1. The number of Topliss-reactive ketones (excluding diaryl/α,β-unsaturated/α-hetero) is 1. The van der Waals surface area contributed by atoms with Gasteiger partial charge in [-0.3, -0.25) is 9.69 Å². The molecule has 1 aliphatic heterocycles. The van der Waals surface area contributed by atoms with Crippen LogP contribution < -0.4 is 14.2 Å². The molecule has 1 N–H and O–H groups in total. The van der Waals surface area contributed by atoms with Crippen LogP contribution in [0.3, 0.4) is 0 Å². The summed E-state index contributed by atoms with van der Waals surface area (Å²) >= 11 is 0. The van der Waals surface area contributed by atoms with Crippen LogP contribution in [0.4, 0.5) is 0 Å². The molecule has 0 unspecified atom stereocenters. The lowest BCUT2D eigenvalue weighted by atomic mass is 9.99. The van der Waals surface area contributed by atoms with Crippen LogP contribution in [0.25, 0.3) is 6.08 Å². The third-order valence-corrected chi connectivity index (χ3v) is 5.40. The smallest absolute Gasteiger partial charge is 0.232 e. The Hall–Kier alpha value is -2.99. The van der Waals surface area contributed by atoms with Gasteiger partial charge in [0.2, 0.25) is 5.78 Å². The van der Waals surface area contributed by atoms with Gasteiger partial charge in [0.1, 0.15) is 11.5 Å². The minimum Gasteiger partial charge on any atom is -0.507 e. The number of para-hydroxylation sites is 1. The van der Waals surface area contributed by atoms with Crippen molar-refractivity contribution in [1.29, 1.82) is 0 Å². The number of hydrogen-bond acceptors (Lipinski definition) is 6. The molecule has 0 amide bonds. The number of phenolic OH excluding ortho intramolecular Hbond substituents is 1. The van der Waals surface area contributed by atoms with Crippen LogP contribution in [0.2, 0.25) is 0 Å². The van der Waals surface area contributed by atoms with Crippen LogP contribution >= 0.6 is 0 Å². The van der Waals surface area contributed by atoms with E-state index >= 15 is 0 Å². The molecule has 0 aromatic heterocycles. The van der Waals surface area contributed by atoms with Gasteiger partial charge in [-0.05, 0) is 56.6 Å². The van der Waals surface area contributed by atoms with E-state index < -0.39 is 0 Å². The molecule has 0 radical (unpaired) electrons. The highest BCUT2D eigenvalue weighted by Gasteiger charge is 2.34. The molecule has 166 valence electrons. The molecule has 2 aromatic carbocycles. The molecule has 0 spiro atoms. The summed E-state index contributed by atoms with van der Waals surface area (Å²) in [5.41, 5.74) is 2.53. The molecular weight excluding hydrogens is 394 g/mol. The fourth-order valence-corrected chi connectivity index (χ4v) is 4.03. The van der Waals surface area contributed by atoms with E-state index in [-0.39, 0.29) is 17.3 Å². The number of hydrogen-bond donors (Lipinski definition) is 1. The number of methoxy groups -OCH3 is 2. The van der Waals surface area contributed by atoms with Crippen LogP contribution in [0.1, 0.15) is 53.7 Å². The quantitative estimate of drug-likeness (QED) is 0.573. The zero-order valence-corrected chi connectivity index (χ0v) is 18.9. The van der Waals surface area contributed by atoms with Gasteiger partial charge in [0.15, 0.2) is 17.3 Å². The average molecular weight is 426 g/mol. The van der Waals surface area contributed by atoms with Gasteiger partial charge in [-0.2, -0.15) is 0 Å². The Balaban J connectivity index is 2.04. The second kappa shape index (κ2) is 9.88. The van der Waals surface area contributed by atoms with Gasteiger partial charge in [0, 0.05) is 12.1 Å². The van der Waals surface area contributed by atoms with E-state index in [9.17, 15) is 9.90 Å². The van der Waals surface area contributed by atoms with E-state index in [1.54, 1.807) is 32.4 Å². The monoisotopic (exact) mass is 425 g/mol. The van der Waals surface area contributed by atoms with Gasteiger partial charge < -0.3 is 19.3 Å². The van der Waals surface area contributed by atoms with Crippen molar-refractivity contribution in [3.8, 4) is 23.0 Å². The first-order valence-electron chi connectivity index (χ1n) is 10.7. The summed E-state index contributed by atoms with van der Waals surface area (Å²) in [7, 11) is 3.13. The van der Waals surface area contributed by atoms with E-state index in [4.69, 9.17) is 14.2 Å². The summed E-state index contributed by atoms with van der Waals surface area (Å²) < 4.78 is 16.9. The Labute approximate surface area is 184 Å². The zero-order chi connectivity index (χ0) is 22.5. The number of phenols is 1. The fraction of sp³-hybridized carbons (Fsp3) is 0.400. The summed E-state index contributed by atoms with van der Waals surface area (Å²) in [5.74, 6) is 1.71. The maximum absolute atomic E-state index is 13.2. The summed E-state index contributed by atoms with van der Waals surface area (Å²) in [6.45, 7) is 8.42. The molecule has 2 aromatic rings. The lowest BCUT2D eigenvalue weighted by Gasteiger charge is -2.22. The molecule has 31 heavy (non-hydrogen) atoms. The Kier molecular flexibility index (Phi) is 7.23. The molecule has 0 saturated carbocycles. The van der Waals surface area contributed by atoms with E-state index in [2.05, 4.69) is 18.7 Å². The molecule has 0 aliphatic carbocycles. The highest BCUT2D eigenvalue weighted by atomic mass is 16.5. The maximum Gasteiger partial charge on any atom is 0.232 e. The molecule has 0 atom stereocenters. The number of ether oxygens (including phenoxy) is 3. The Morgan fingerprint density at radius 1 is 1.13 bits per heavy atom. The van der Waals surface area contributed by atoms with Gasteiger partial charge in [-0.25, -0.2) is 0 Å². The van der Waals surface area contributed by atoms with E-state index in [1.165, 1.54) is 0 Å². The Morgan fingerprint density at radius 3 is 2.45 bits per heavy atom. The van der Waals surface area contributed by atoms with Crippen LogP contribution in [-0.2, 0) is 6.54 Å². The van der Waals surface area contributed by atoms with Gasteiger partial charge in [-0.15, -0.1) is 0 Å². The third kappa shape index (κ3) is 4.54. The highest BCUT2D eigenvalue weighted by molar-refractivity contribution is 6.16. The van der Waals surface area contributed by atoms with Crippen LogP contribution in [-0.4, -0.2) is 43.1 Å². The van der Waals surface area contributed by atoms with Crippen molar-refractivity contribution < 1.29 is 24.1 Å². The molecule has 3 rings (SSSR count). The first-order chi connectivity index (χ1) is 14.9. The minimum absolute atomic E-state index is 0.154. The summed E-state index contributed by atoms with van der Waals surface area (Å²) in [6.07, 6.45) is 3.69. The van der Waals surface area contributed by atoms with Gasteiger partial charge in [0.05, 0.1) is 25.3 Å². The van der Waals surface area contributed by atoms with Crippen molar-refractivity contribution in [2.45, 2.75) is 40.2 Å². The molecule has 1 heterocycles. The van der Waals surface area contributed by atoms with Crippen molar-refractivity contribution in [3.63, 3.8) is 0 Å². The number of allylic oxidation sites excluding steroid dienone is 1. The highest BCUT2D eigenvalue weighted by Crippen LogP contribution is 2.43. The number of rotatable bonds is 9. The third-order valence-electron chi connectivity index (χ3n) is 5.40. The average Bonchev–Trinajstić information content (AvgIpc) is 3.07. The standard InChI is InChI=1S/C25H31NO5/c1-6-11-26(12-7-2)15-18-19(27)13-16(3)22-23(28)21(31-25(18)22)14-17-9-8-10-20(29-4)24(17)30-5/h8-10,13-14,27H,6-7,11-12,15H2,1-5H3/b21-14+. The summed E-state index contributed by atoms with van der Waals surface area (Å²) in [6, 6.07) is 7.11. The van der Waals surface area contributed by atoms with Crippen molar-refractivity contribution in [2.75, 3.05) is 27.3 Å². The fourth-order valence-electron chi connectivity index (χ4n) is 4.03. The molecule has 0 bridgehead atoms. The summed E-state index contributed by atoms with van der Waals surface area (Å²) in [5, 5.41) is 10.7. The number of carbonyl (C=O) groups excluding carboxylic acids is 1. The van der Waals surface area contributed by atoms with E-state index in [0.717, 1.165) is 25.9 Å². The van der Waals surface area contributed by atoms with Crippen LogP contribution in [0, 0.1) is 6.92 Å². The second-order valence-electron chi connectivity index (χ2n) is 7.69. The zero-order valence-electron chi connectivity index (χ0n) is 18.9. The van der Waals surface area contributed by atoms with Crippen molar-refractivity contribution >= 4 is 11.9 Å². The predicted octanol–water partition coefficient (Wildman–Crippen LogP) is 4.96. The molecule has 0 saturated heterocycles. The topological polar surface area (TPSA) is 68.2 Å². The Morgan fingerprint density at radius 2 is 1.84 bits per heavy atom. The SMILES string of the molecule is CCCN(CCC)Cc1c(O)cc(C)c2c1O/C(=C/c1cccc(OC)c1OC)C2=O. The lowest BCUT2D eigenvalue weighted by Crippen LogP contribution is -2.25. The number of aryl methyl sites for hydroxylation is 1. The number of ketones is 1. The van der Waals surface area contributed by atoms with E-state index in [0.29, 0.717) is 46.0 Å². The van der Waals surface area contributed by atoms with Gasteiger partial charge in [-0.1, -0.05) is 26.0 Å². The van der Waals surface area contributed by atoms with Crippen LogP contribution in [0.15, 0.2) is 30.0 Å². The van der Waals surface area contributed by atoms with Crippen LogP contribution in [0.5, 0.6) is 23.0 Å². The second-order valence-corrected chi connectivity index (χ2v) is 7.69. The Bertz CT molecular complexity index is 990. The van der Waals surface area contributed by atoms with E-state index in [1.807, 2.05) is 19.1 Å². The maximum atomic E-state index is 13.2. The van der Waals surface area contributed by atoms with Crippen molar-refractivity contribution in [3.05, 3.63) is 52.3 Å². The largest absolute Gasteiger partial charge is 0.507 e. The lowest BCUT2D eigenvalue weighted by molar-refractivity contribution is 0.101.